The second kappa shape index (κ2) is 12.3. The Bertz CT molecular complexity index is 3430. The molecule has 2 aromatic heterocycles. The summed E-state index contributed by atoms with van der Waals surface area (Å²) in [4.78, 5) is 0. The quantitative estimate of drug-likeness (QED) is 0.179. The Morgan fingerprint density at radius 2 is 0.950 bits per heavy atom. The van der Waals surface area contributed by atoms with Crippen LogP contribution in [0.3, 0.4) is 0 Å². The van der Waals surface area contributed by atoms with E-state index in [1.165, 1.54) is 45.5 Å². The molecule has 282 valence electrons. The molecule has 0 aliphatic heterocycles. The summed E-state index contributed by atoms with van der Waals surface area (Å²) in [6.45, 7) is 0. The van der Waals surface area contributed by atoms with Gasteiger partial charge in [-0.2, -0.15) is 23.7 Å². The number of benzene rings is 8. The van der Waals surface area contributed by atoms with Crippen LogP contribution in [-0.4, -0.2) is 9.13 Å². The number of nitrogens with zero attached hydrogens (tertiary/aromatic N) is 4. The molecule has 0 bridgehead atoms. The number of hydrogen-bond acceptors (Lipinski definition) is 2. The molecule has 0 spiro atoms. The highest BCUT2D eigenvalue weighted by atomic mass is 19.4. The molecular weight excluding hydrogens is 750 g/mol. The van der Waals surface area contributed by atoms with Crippen LogP contribution in [0.2, 0.25) is 0 Å². The fourth-order valence-electron chi connectivity index (χ4n) is 10.2. The molecule has 0 saturated carbocycles. The highest BCUT2D eigenvalue weighted by molar-refractivity contribution is 6.15. The van der Waals surface area contributed by atoms with Gasteiger partial charge in [0.15, 0.2) is 0 Å². The van der Waals surface area contributed by atoms with E-state index in [-0.39, 0.29) is 16.7 Å². The Morgan fingerprint density at radius 3 is 1.45 bits per heavy atom. The Kier molecular flexibility index (Phi) is 7.02. The molecule has 0 saturated heterocycles. The van der Waals surface area contributed by atoms with E-state index in [9.17, 15) is 10.5 Å². The van der Waals surface area contributed by atoms with Gasteiger partial charge in [-0.25, -0.2) is 0 Å². The Morgan fingerprint density at radius 1 is 0.467 bits per heavy atom. The van der Waals surface area contributed by atoms with Gasteiger partial charge < -0.3 is 9.13 Å². The van der Waals surface area contributed by atoms with Crippen molar-refractivity contribution in [2.75, 3.05) is 0 Å². The normalized spacial score (nSPS) is 12.8. The van der Waals surface area contributed by atoms with Crippen molar-refractivity contribution < 1.29 is 13.2 Å². The molecule has 12 rings (SSSR count). The van der Waals surface area contributed by atoms with Crippen LogP contribution in [0.4, 0.5) is 13.2 Å². The molecule has 2 heterocycles. The molecule has 8 aromatic carbocycles. The second-order valence-corrected chi connectivity index (χ2v) is 15.7. The minimum absolute atomic E-state index is 0.0808. The smallest absolute Gasteiger partial charge is 0.308 e. The molecule has 60 heavy (non-hydrogen) atoms. The van der Waals surface area contributed by atoms with E-state index in [1.807, 2.05) is 54.6 Å². The monoisotopic (exact) mass is 778 g/mol. The van der Waals surface area contributed by atoms with Gasteiger partial charge in [0.25, 0.3) is 0 Å². The number of rotatable bonds is 3. The zero-order valence-corrected chi connectivity index (χ0v) is 31.8. The van der Waals surface area contributed by atoms with Crippen molar-refractivity contribution in [3.63, 3.8) is 0 Å². The fraction of sp³-hybridized carbons (Fsp3) is 0.0566. The maximum atomic E-state index is 15.1. The molecule has 2 aliphatic rings. The Balaban J connectivity index is 1.22. The number of fused-ring (bicyclic) bond motifs is 14. The lowest BCUT2D eigenvalue weighted by atomic mass is 9.94. The summed E-state index contributed by atoms with van der Waals surface area (Å²) in [5.74, 6) is 0. The van der Waals surface area contributed by atoms with Crippen molar-refractivity contribution >= 4 is 43.6 Å². The van der Waals surface area contributed by atoms with Crippen LogP contribution >= 0.6 is 0 Å². The van der Waals surface area contributed by atoms with Crippen LogP contribution in [0.25, 0.3) is 88.4 Å². The fourth-order valence-corrected chi connectivity index (χ4v) is 10.2. The average Bonchev–Trinajstić information content (AvgIpc) is 4.03. The van der Waals surface area contributed by atoms with Gasteiger partial charge in [-0.05, 0) is 117 Å². The number of halogens is 3. The average molecular weight is 779 g/mol. The topological polar surface area (TPSA) is 57.4 Å². The summed E-state index contributed by atoms with van der Waals surface area (Å²) in [5, 5.41) is 25.2. The van der Waals surface area contributed by atoms with E-state index in [4.69, 9.17) is 0 Å². The maximum Gasteiger partial charge on any atom is 0.417 e. The number of aromatic nitrogens is 2. The number of alkyl halides is 3. The van der Waals surface area contributed by atoms with Crippen molar-refractivity contribution in [3.8, 4) is 56.9 Å². The van der Waals surface area contributed by atoms with Gasteiger partial charge in [0.1, 0.15) is 11.6 Å². The third-order valence-electron chi connectivity index (χ3n) is 12.7. The van der Waals surface area contributed by atoms with E-state index in [0.29, 0.717) is 16.9 Å². The van der Waals surface area contributed by atoms with Crippen LogP contribution in [0, 0.1) is 22.7 Å². The molecule has 0 radical (unpaired) electrons. The van der Waals surface area contributed by atoms with E-state index < -0.39 is 11.7 Å². The van der Waals surface area contributed by atoms with Gasteiger partial charge in [0.05, 0.1) is 50.6 Å². The third kappa shape index (κ3) is 4.66. The predicted octanol–water partition coefficient (Wildman–Crippen LogP) is 13.5. The van der Waals surface area contributed by atoms with Crippen LogP contribution < -0.4 is 0 Å². The molecule has 0 unspecified atom stereocenters. The summed E-state index contributed by atoms with van der Waals surface area (Å²) >= 11 is 0. The first kappa shape index (κ1) is 34.2. The first-order valence-corrected chi connectivity index (χ1v) is 19.8. The first-order valence-electron chi connectivity index (χ1n) is 19.8. The lowest BCUT2D eigenvalue weighted by Crippen LogP contribution is -2.09. The van der Waals surface area contributed by atoms with Crippen LogP contribution in [0.1, 0.15) is 38.9 Å². The minimum Gasteiger partial charge on any atom is -0.308 e. The van der Waals surface area contributed by atoms with Crippen molar-refractivity contribution in [3.05, 3.63) is 191 Å². The molecule has 7 heteroatoms. The molecule has 0 atom stereocenters. The van der Waals surface area contributed by atoms with Gasteiger partial charge in [-0.15, -0.1) is 0 Å². The largest absolute Gasteiger partial charge is 0.417 e. The number of hydrogen-bond donors (Lipinski definition) is 0. The van der Waals surface area contributed by atoms with Crippen LogP contribution in [0.15, 0.2) is 152 Å². The van der Waals surface area contributed by atoms with Gasteiger partial charge in [0, 0.05) is 21.5 Å². The molecule has 0 amide bonds. The van der Waals surface area contributed by atoms with E-state index in [1.54, 1.807) is 12.1 Å². The Labute approximate surface area is 341 Å². The van der Waals surface area contributed by atoms with Crippen molar-refractivity contribution in [2.45, 2.75) is 19.0 Å². The van der Waals surface area contributed by atoms with Crippen molar-refractivity contribution in [1.29, 1.82) is 10.5 Å². The van der Waals surface area contributed by atoms with Crippen LogP contribution in [-0.2, 0) is 19.0 Å². The standard InChI is InChI=1S/C53H29F3N4/c54-53(55,56)44-23-30(28-57)17-18-36(44)33-26-49(59-45-15-7-5-13-39(45)51-41-24-31-9-1-3-11-34(31)37(41)19-21-47(51)59)43(29-58)50(27-33)60-46-16-8-6-14-40(46)52-42-25-32-10-2-4-12-35(32)38(42)20-22-48(52)60/h1-23,26-27H,24-25H2. The summed E-state index contributed by atoms with van der Waals surface area (Å²) in [6, 6.07) is 52.9. The third-order valence-corrected chi connectivity index (χ3v) is 12.7. The molecule has 4 nitrogen and oxygen atoms in total. The predicted molar refractivity (Wildman–Crippen MR) is 231 cm³/mol. The minimum atomic E-state index is -4.76. The number of nitriles is 2. The molecule has 0 N–H and O–H groups in total. The highest BCUT2D eigenvalue weighted by Crippen LogP contribution is 2.49. The summed E-state index contributed by atoms with van der Waals surface area (Å²) in [7, 11) is 0. The van der Waals surface area contributed by atoms with Crippen LogP contribution in [0.5, 0.6) is 0 Å². The van der Waals surface area contributed by atoms with Gasteiger partial charge in [-0.1, -0.05) is 103 Å². The zero-order valence-electron chi connectivity index (χ0n) is 31.8. The van der Waals surface area contributed by atoms with Gasteiger partial charge in [-0.3, -0.25) is 0 Å². The first-order chi connectivity index (χ1) is 29.3. The molecular formula is C53H29F3N4. The van der Waals surface area contributed by atoms with Gasteiger partial charge >= 0.3 is 6.18 Å². The Hall–Kier alpha value is -7.87. The SMILES string of the molecule is N#Cc1ccc(-c2cc(-n3c4ccccc4c4c5c(ccc43)-c3ccccc3C5)c(C#N)c(-n3c4ccccc4c4c5c(ccc43)-c3ccccc3C5)c2)c(C(F)(F)F)c1. The van der Waals surface area contributed by atoms with Crippen molar-refractivity contribution in [2.24, 2.45) is 0 Å². The summed E-state index contributed by atoms with van der Waals surface area (Å²) in [5.41, 5.74) is 13.3. The number of para-hydroxylation sites is 2. The van der Waals surface area contributed by atoms with E-state index >= 15 is 13.2 Å². The molecule has 0 fully saturated rings. The van der Waals surface area contributed by atoms with E-state index in [0.717, 1.165) is 73.6 Å². The maximum absolute atomic E-state index is 15.1. The molecule has 2 aliphatic carbocycles. The summed E-state index contributed by atoms with van der Waals surface area (Å²) < 4.78 is 49.4. The highest BCUT2D eigenvalue weighted by Gasteiger charge is 2.35. The summed E-state index contributed by atoms with van der Waals surface area (Å²) in [6.07, 6.45) is -3.28. The van der Waals surface area contributed by atoms with E-state index in [2.05, 4.69) is 88.0 Å². The second-order valence-electron chi connectivity index (χ2n) is 15.7. The van der Waals surface area contributed by atoms with Crippen molar-refractivity contribution in [1.82, 2.24) is 9.13 Å². The molecule has 10 aromatic rings. The lowest BCUT2D eigenvalue weighted by Gasteiger charge is -2.20. The lowest BCUT2D eigenvalue weighted by molar-refractivity contribution is -0.137. The van der Waals surface area contributed by atoms with Gasteiger partial charge in [0.2, 0.25) is 0 Å². The zero-order chi connectivity index (χ0) is 40.4.